The van der Waals surface area contributed by atoms with Crippen LogP contribution in [0.2, 0.25) is 0 Å². The molecule has 1 unspecified atom stereocenters. The number of halogens is 1. The maximum absolute atomic E-state index is 13.6. The van der Waals surface area contributed by atoms with Gasteiger partial charge in [-0.3, -0.25) is 4.79 Å². The average molecular weight is 410 g/mol. The van der Waals surface area contributed by atoms with E-state index in [9.17, 15) is 19.1 Å². The number of anilines is 1. The van der Waals surface area contributed by atoms with Gasteiger partial charge in [0.05, 0.1) is 23.4 Å². The predicted octanol–water partition coefficient (Wildman–Crippen LogP) is 4.85. The van der Waals surface area contributed by atoms with Crippen LogP contribution < -0.4 is 5.01 Å². The Bertz CT molecular complexity index is 1030. The fourth-order valence-electron chi connectivity index (χ4n) is 3.88. The Morgan fingerprint density at radius 3 is 2.77 bits per heavy atom. The van der Waals surface area contributed by atoms with Gasteiger partial charge in [0.25, 0.3) is 5.91 Å². The molecule has 1 amide bonds. The third-order valence-electron chi connectivity index (χ3n) is 5.46. The molecule has 2 aromatic carbocycles. The van der Waals surface area contributed by atoms with E-state index >= 15 is 0 Å². The van der Waals surface area contributed by atoms with E-state index in [4.69, 9.17) is 4.74 Å². The van der Waals surface area contributed by atoms with Gasteiger partial charge in [0.15, 0.2) is 0 Å². The van der Waals surface area contributed by atoms with Gasteiger partial charge in [-0.15, -0.1) is 0 Å². The Hall–Kier alpha value is -3.22. The van der Waals surface area contributed by atoms with Crippen LogP contribution in [0.1, 0.15) is 73.0 Å². The minimum absolute atomic E-state index is 0.0708. The van der Waals surface area contributed by atoms with Gasteiger partial charge in [-0.2, -0.15) is 5.10 Å². The summed E-state index contributed by atoms with van der Waals surface area (Å²) in [6, 6.07) is 8.66. The number of ether oxygens (including phenoxy) is 1. The van der Waals surface area contributed by atoms with E-state index in [1.165, 1.54) is 11.1 Å². The Kier molecular flexibility index (Phi) is 5.53. The minimum atomic E-state index is -0.526. The smallest absolute Gasteiger partial charge is 0.339 e. The zero-order chi connectivity index (χ0) is 21.3. The van der Waals surface area contributed by atoms with Crippen LogP contribution >= 0.6 is 0 Å². The van der Waals surface area contributed by atoms with Crippen LogP contribution in [0.3, 0.4) is 0 Å². The number of carbonyl (C=O) groups is 2. The number of phenolic OH excluding ortho intramolecular Hbond substituents is 1. The molecular formula is C23H23FN2O4. The summed E-state index contributed by atoms with van der Waals surface area (Å²) in [5.74, 6) is -1.39. The molecule has 156 valence electrons. The number of hydrazone groups is 1. The molecule has 0 spiro atoms. The summed E-state index contributed by atoms with van der Waals surface area (Å²) in [5, 5.41) is 15.5. The molecule has 2 heterocycles. The Morgan fingerprint density at radius 2 is 1.97 bits per heavy atom. The van der Waals surface area contributed by atoms with Crippen molar-refractivity contribution in [3.8, 4) is 5.75 Å². The van der Waals surface area contributed by atoms with Crippen LogP contribution in [0.15, 0.2) is 41.5 Å². The van der Waals surface area contributed by atoms with Crippen LogP contribution in [0.4, 0.5) is 10.1 Å². The number of hydrogen-bond acceptors (Lipinski definition) is 5. The minimum Gasteiger partial charge on any atom is -0.507 e. The fourth-order valence-corrected chi connectivity index (χ4v) is 3.88. The number of nitrogens with zero attached hydrogens (tertiary/aromatic N) is 2. The highest BCUT2D eigenvalue weighted by atomic mass is 19.1. The normalized spacial score (nSPS) is 17.9. The van der Waals surface area contributed by atoms with E-state index in [0.717, 1.165) is 49.8 Å². The first-order valence-electron chi connectivity index (χ1n) is 10.2. The third-order valence-corrected chi connectivity index (χ3v) is 5.46. The first-order valence-corrected chi connectivity index (χ1v) is 10.2. The number of aromatic hydroxyl groups is 1. The number of fused-ring (bicyclic) bond motifs is 1. The maximum Gasteiger partial charge on any atom is 0.339 e. The molecule has 0 radical (unpaired) electrons. The summed E-state index contributed by atoms with van der Waals surface area (Å²) in [6.45, 7) is 2.15. The number of hydrogen-bond donors (Lipinski definition) is 1. The van der Waals surface area contributed by atoms with Crippen LogP contribution in [0, 0.1) is 5.82 Å². The van der Waals surface area contributed by atoms with E-state index in [0.29, 0.717) is 11.3 Å². The SMILES string of the molecule is CCCCCCC1OC(=O)c2cc(N3N=C(c4cc(F)ccc4O)CC3=O)ccc21. The van der Waals surface area contributed by atoms with Gasteiger partial charge >= 0.3 is 5.97 Å². The average Bonchev–Trinajstić information content (AvgIpc) is 3.27. The second-order valence-electron chi connectivity index (χ2n) is 7.61. The van der Waals surface area contributed by atoms with E-state index in [2.05, 4.69) is 12.0 Å². The Morgan fingerprint density at radius 1 is 1.13 bits per heavy atom. The van der Waals surface area contributed by atoms with Gasteiger partial charge in [0.1, 0.15) is 17.7 Å². The second kappa shape index (κ2) is 8.26. The Balaban J connectivity index is 1.57. The second-order valence-corrected chi connectivity index (χ2v) is 7.61. The van der Waals surface area contributed by atoms with Crippen LogP contribution in [-0.4, -0.2) is 22.7 Å². The monoisotopic (exact) mass is 410 g/mol. The standard InChI is InChI=1S/C23H23FN2O4/c1-2-3-4-5-6-21-16-9-8-15(12-17(16)23(29)30-21)26-22(28)13-19(25-26)18-11-14(24)7-10-20(18)27/h7-12,21,27H,2-6,13H2,1H3. The number of phenols is 1. The van der Waals surface area contributed by atoms with Gasteiger partial charge < -0.3 is 9.84 Å². The molecule has 2 aromatic rings. The summed E-state index contributed by atoms with van der Waals surface area (Å²) in [6.07, 6.45) is 4.85. The van der Waals surface area contributed by atoms with Gasteiger partial charge in [-0.05, 0) is 43.2 Å². The number of carbonyl (C=O) groups excluding carboxylic acids is 2. The lowest BCUT2D eigenvalue weighted by molar-refractivity contribution is -0.116. The summed E-state index contributed by atoms with van der Waals surface area (Å²) in [4.78, 5) is 24.9. The molecule has 0 fully saturated rings. The van der Waals surface area contributed by atoms with Crippen LogP contribution in [0.5, 0.6) is 5.75 Å². The molecule has 7 heteroatoms. The molecule has 4 rings (SSSR count). The highest BCUT2D eigenvalue weighted by Crippen LogP contribution is 2.37. The first kappa shape index (κ1) is 20.1. The van der Waals surface area contributed by atoms with Crippen molar-refractivity contribution < 1.29 is 23.8 Å². The molecule has 6 nitrogen and oxygen atoms in total. The summed E-state index contributed by atoms with van der Waals surface area (Å²) >= 11 is 0. The van der Waals surface area contributed by atoms with E-state index in [1.54, 1.807) is 18.2 Å². The first-order chi connectivity index (χ1) is 14.5. The van der Waals surface area contributed by atoms with Crippen molar-refractivity contribution in [3.05, 3.63) is 58.9 Å². The molecule has 1 N–H and O–H groups in total. The number of benzene rings is 2. The molecule has 0 aliphatic carbocycles. The van der Waals surface area contributed by atoms with Gasteiger partial charge in [0, 0.05) is 11.1 Å². The quantitative estimate of drug-likeness (QED) is 0.523. The van der Waals surface area contributed by atoms with Gasteiger partial charge in [-0.25, -0.2) is 14.2 Å². The molecule has 2 aliphatic heterocycles. The van der Waals surface area contributed by atoms with Crippen molar-refractivity contribution in [1.29, 1.82) is 0 Å². The molecule has 30 heavy (non-hydrogen) atoms. The van der Waals surface area contributed by atoms with Crippen molar-refractivity contribution in [2.24, 2.45) is 5.10 Å². The number of amides is 1. The van der Waals surface area contributed by atoms with E-state index in [1.807, 2.05) is 0 Å². The molecule has 0 aromatic heterocycles. The molecule has 1 atom stereocenters. The fraction of sp³-hybridized carbons (Fsp3) is 0.348. The summed E-state index contributed by atoms with van der Waals surface area (Å²) < 4.78 is 19.1. The van der Waals surface area contributed by atoms with Crippen LogP contribution in [-0.2, 0) is 9.53 Å². The van der Waals surface area contributed by atoms with Crippen molar-refractivity contribution in [3.63, 3.8) is 0 Å². The van der Waals surface area contributed by atoms with Crippen molar-refractivity contribution in [1.82, 2.24) is 0 Å². The molecule has 0 bridgehead atoms. The predicted molar refractivity (Wildman–Crippen MR) is 110 cm³/mol. The molecule has 0 saturated carbocycles. The summed E-state index contributed by atoms with van der Waals surface area (Å²) in [5.41, 5.74) is 2.16. The van der Waals surface area contributed by atoms with E-state index < -0.39 is 11.8 Å². The summed E-state index contributed by atoms with van der Waals surface area (Å²) in [7, 11) is 0. The zero-order valence-electron chi connectivity index (χ0n) is 16.7. The highest BCUT2D eigenvalue weighted by molar-refractivity contribution is 6.20. The third kappa shape index (κ3) is 3.79. The lowest BCUT2D eigenvalue weighted by Gasteiger charge is -2.13. The molecule has 2 aliphatic rings. The molecule has 0 saturated heterocycles. The lowest BCUT2D eigenvalue weighted by Crippen LogP contribution is -2.19. The van der Waals surface area contributed by atoms with Gasteiger partial charge in [-0.1, -0.05) is 32.3 Å². The van der Waals surface area contributed by atoms with E-state index in [-0.39, 0.29) is 35.5 Å². The highest BCUT2D eigenvalue weighted by Gasteiger charge is 2.33. The van der Waals surface area contributed by atoms with Crippen molar-refractivity contribution in [2.75, 3.05) is 5.01 Å². The topological polar surface area (TPSA) is 79.2 Å². The van der Waals surface area contributed by atoms with Crippen molar-refractivity contribution in [2.45, 2.75) is 51.6 Å². The Labute approximate surface area is 174 Å². The number of unbranched alkanes of at least 4 members (excludes halogenated alkanes) is 3. The number of esters is 1. The lowest BCUT2D eigenvalue weighted by atomic mass is 9.99. The van der Waals surface area contributed by atoms with Crippen LogP contribution in [0.25, 0.3) is 0 Å². The largest absolute Gasteiger partial charge is 0.507 e. The molecular weight excluding hydrogens is 387 g/mol. The number of rotatable bonds is 7. The maximum atomic E-state index is 13.6. The zero-order valence-corrected chi connectivity index (χ0v) is 16.7. The van der Waals surface area contributed by atoms with Gasteiger partial charge in [0.2, 0.25) is 0 Å². The number of cyclic esters (lactones) is 1. The van der Waals surface area contributed by atoms with Crippen molar-refractivity contribution >= 4 is 23.3 Å².